The summed E-state index contributed by atoms with van der Waals surface area (Å²) < 4.78 is 0. The highest BCUT2D eigenvalue weighted by Gasteiger charge is 2.14. The number of hydrogen-bond acceptors (Lipinski definition) is 5. The molecule has 2 aromatic heterocycles. The highest BCUT2D eigenvalue weighted by molar-refractivity contribution is 6.04. The van der Waals surface area contributed by atoms with E-state index < -0.39 is 5.97 Å². The molecule has 0 saturated carbocycles. The number of nitrogens with one attached hydrogen (secondary N) is 1. The molecule has 2 aromatic rings. The average Bonchev–Trinajstić information content (AvgIpc) is 2.47. The minimum atomic E-state index is -1.15. The van der Waals surface area contributed by atoms with Gasteiger partial charge in [0, 0.05) is 0 Å². The highest BCUT2D eigenvalue weighted by atomic mass is 16.4. The first-order chi connectivity index (χ1) is 10.0. The number of carboxylic acid groups (broad SMARTS) is 1. The Bertz CT molecular complexity index is 700. The second-order valence-electron chi connectivity index (χ2n) is 4.37. The molecule has 7 nitrogen and oxygen atoms in total. The van der Waals surface area contributed by atoms with Gasteiger partial charge < -0.3 is 10.4 Å². The third-order valence-electron chi connectivity index (χ3n) is 2.78. The zero-order valence-electron chi connectivity index (χ0n) is 11.6. The van der Waals surface area contributed by atoms with E-state index in [1.807, 2.05) is 6.92 Å². The fourth-order valence-corrected chi connectivity index (χ4v) is 1.78. The second-order valence-corrected chi connectivity index (χ2v) is 4.37. The first kappa shape index (κ1) is 14.6. The van der Waals surface area contributed by atoms with Crippen molar-refractivity contribution in [3.63, 3.8) is 0 Å². The van der Waals surface area contributed by atoms with Gasteiger partial charge in [-0.3, -0.25) is 4.79 Å². The number of aryl methyl sites for hydroxylation is 2. The molecule has 21 heavy (non-hydrogen) atoms. The van der Waals surface area contributed by atoms with Crippen LogP contribution in [0, 0.1) is 6.92 Å². The lowest BCUT2D eigenvalue weighted by Crippen LogP contribution is -2.17. The molecule has 2 rings (SSSR count). The summed E-state index contributed by atoms with van der Waals surface area (Å²) in [6.45, 7) is 3.62. The fraction of sp³-hybridized carbons (Fsp3) is 0.214. The summed E-state index contributed by atoms with van der Waals surface area (Å²) >= 11 is 0. The zero-order valence-corrected chi connectivity index (χ0v) is 11.6. The van der Waals surface area contributed by atoms with Crippen LogP contribution in [0.2, 0.25) is 0 Å². The molecule has 0 aliphatic carbocycles. The van der Waals surface area contributed by atoms with Crippen molar-refractivity contribution in [2.24, 2.45) is 0 Å². The first-order valence-electron chi connectivity index (χ1n) is 6.36. The van der Waals surface area contributed by atoms with Gasteiger partial charge in [-0.05, 0) is 31.5 Å². The largest absolute Gasteiger partial charge is 0.477 e. The van der Waals surface area contributed by atoms with Crippen LogP contribution in [0.25, 0.3) is 0 Å². The zero-order chi connectivity index (χ0) is 15.4. The molecule has 0 unspecified atom stereocenters. The highest BCUT2D eigenvalue weighted by Crippen LogP contribution is 2.11. The van der Waals surface area contributed by atoms with Crippen molar-refractivity contribution < 1.29 is 14.7 Å². The maximum atomic E-state index is 12.3. The Labute approximate surface area is 121 Å². The number of carbonyl (C=O) groups is 2. The predicted molar refractivity (Wildman–Crippen MR) is 75.3 cm³/mol. The molecular formula is C14H14N4O3. The summed E-state index contributed by atoms with van der Waals surface area (Å²) in [5.41, 5.74) is 1.48. The quantitative estimate of drug-likeness (QED) is 0.886. The number of pyridine rings is 1. The molecule has 2 heterocycles. The van der Waals surface area contributed by atoms with Gasteiger partial charge in [-0.25, -0.2) is 9.78 Å². The van der Waals surface area contributed by atoms with E-state index in [-0.39, 0.29) is 17.4 Å². The first-order valence-corrected chi connectivity index (χ1v) is 6.36. The lowest BCUT2D eigenvalue weighted by molar-refractivity contribution is 0.0690. The normalized spacial score (nSPS) is 10.2. The Hall–Kier alpha value is -2.83. The summed E-state index contributed by atoms with van der Waals surface area (Å²) in [6.07, 6.45) is 0.568. The number of anilines is 1. The molecule has 0 fully saturated rings. The van der Waals surface area contributed by atoms with E-state index >= 15 is 0 Å². The van der Waals surface area contributed by atoms with Crippen LogP contribution in [0.5, 0.6) is 0 Å². The standard InChI is InChI=1S/C14H14N4O3/c1-3-10-9(7-8(2)17-18-10)13(19)16-12-6-4-5-11(15-12)14(20)21/h4-7H,3H2,1-2H3,(H,20,21)(H,15,16,19). The van der Waals surface area contributed by atoms with Gasteiger partial charge in [0.1, 0.15) is 5.82 Å². The number of amides is 1. The van der Waals surface area contributed by atoms with Gasteiger partial charge in [-0.2, -0.15) is 10.2 Å². The summed E-state index contributed by atoms with van der Waals surface area (Å²) in [5, 5.41) is 19.4. The third kappa shape index (κ3) is 3.38. The van der Waals surface area contributed by atoms with Crippen molar-refractivity contribution in [3.05, 3.63) is 46.9 Å². The van der Waals surface area contributed by atoms with Crippen molar-refractivity contribution in [1.82, 2.24) is 15.2 Å². The number of hydrogen-bond donors (Lipinski definition) is 2. The molecular weight excluding hydrogens is 272 g/mol. The van der Waals surface area contributed by atoms with Crippen LogP contribution in [-0.2, 0) is 6.42 Å². The van der Waals surface area contributed by atoms with Crippen molar-refractivity contribution in [2.75, 3.05) is 5.32 Å². The molecule has 108 valence electrons. The smallest absolute Gasteiger partial charge is 0.354 e. The van der Waals surface area contributed by atoms with Gasteiger partial charge in [0.2, 0.25) is 0 Å². The van der Waals surface area contributed by atoms with Crippen LogP contribution in [0.1, 0.15) is 39.2 Å². The Morgan fingerprint density at radius 2 is 2.05 bits per heavy atom. The third-order valence-corrected chi connectivity index (χ3v) is 2.78. The van der Waals surface area contributed by atoms with Crippen molar-refractivity contribution in [3.8, 4) is 0 Å². The average molecular weight is 286 g/mol. The lowest BCUT2D eigenvalue weighted by atomic mass is 10.1. The molecule has 0 aliphatic rings. The van der Waals surface area contributed by atoms with Gasteiger partial charge in [-0.15, -0.1) is 0 Å². The molecule has 2 N–H and O–H groups in total. The SMILES string of the molecule is CCc1nnc(C)cc1C(=O)Nc1cccc(C(=O)O)n1. The second kappa shape index (κ2) is 6.08. The summed E-state index contributed by atoms with van der Waals surface area (Å²) in [7, 11) is 0. The maximum absolute atomic E-state index is 12.3. The van der Waals surface area contributed by atoms with E-state index in [0.29, 0.717) is 23.4 Å². The Balaban J connectivity index is 2.28. The van der Waals surface area contributed by atoms with Crippen LogP contribution >= 0.6 is 0 Å². The molecule has 0 radical (unpaired) electrons. The molecule has 7 heteroatoms. The number of carboxylic acids is 1. The van der Waals surface area contributed by atoms with Gasteiger partial charge >= 0.3 is 5.97 Å². The Kier molecular flexibility index (Phi) is 4.22. The summed E-state index contributed by atoms with van der Waals surface area (Å²) in [4.78, 5) is 27.0. The Morgan fingerprint density at radius 1 is 1.29 bits per heavy atom. The number of nitrogens with zero attached hydrogens (tertiary/aromatic N) is 3. The van der Waals surface area contributed by atoms with Crippen LogP contribution in [0.4, 0.5) is 5.82 Å². The predicted octanol–water partition coefficient (Wildman–Crippen LogP) is 1.69. The van der Waals surface area contributed by atoms with Gasteiger partial charge in [0.25, 0.3) is 5.91 Å². The fourth-order valence-electron chi connectivity index (χ4n) is 1.78. The maximum Gasteiger partial charge on any atom is 0.354 e. The summed E-state index contributed by atoms with van der Waals surface area (Å²) in [5.74, 6) is -1.36. The van der Waals surface area contributed by atoms with E-state index in [9.17, 15) is 9.59 Å². The number of aromatic nitrogens is 3. The van der Waals surface area contributed by atoms with E-state index in [2.05, 4.69) is 20.5 Å². The minimum Gasteiger partial charge on any atom is -0.477 e. The summed E-state index contributed by atoms with van der Waals surface area (Å²) in [6, 6.07) is 6.04. The van der Waals surface area contributed by atoms with Crippen LogP contribution in [-0.4, -0.2) is 32.2 Å². The van der Waals surface area contributed by atoms with Crippen molar-refractivity contribution in [1.29, 1.82) is 0 Å². The van der Waals surface area contributed by atoms with E-state index in [4.69, 9.17) is 5.11 Å². The molecule has 0 atom stereocenters. The van der Waals surface area contributed by atoms with Crippen molar-refractivity contribution >= 4 is 17.7 Å². The number of carbonyl (C=O) groups excluding carboxylic acids is 1. The van der Waals surface area contributed by atoms with E-state index in [0.717, 1.165) is 0 Å². The number of aromatic carboxylic acids is 1. The molecule has 1 amide bonds. The molecule has 0 bridgehead atoms. The van der Waals surface area contributed by atoms with Gasteiger partial charge in [-0.1, -0.05) is 13.0 Å². The van der Waals surface area contributed by atoms with Crippen molar-refractivity contribution in [2.45, 2.75) is 20.3 Å². The monoisotopic (exact) mass is 286 g/mol. The molecule has 0 aliphatic heterocycles. The van der Waals surface area contributed by atoms with Crippen LogP contribution in [0.15, 0.2) is 24.3 Å². The van der Waals surface area contributed by atoms with Gasteiger partial charge in [0.05, 0.1) is 17.0 Å². The topological polar surface area (TPSA) is 105 Å². The Morgan fingerprint density at radius 3 is 2.71 bits per heavy atom. The van der Waals surface area contributed by atoms with Crippen LogP contribution < -0.4 is 5.32 Å². The van der Waals surface area contributed by atoms with E-state index in [1.54, 1.807) is 13.0 Å². The lowest BCUT2D eigenvalue weighted by Gasteiger charge is -2.08. The van der Waals surface area contributed by atoms with E-state index in [1.165, 1.54) is 18.2 Å². The molecule has 0 aromatic carbocycles. The van der Waals surface area contributed by atoms with Gasteiger partial charge in [0.15, 0.2) is 5.69 Å². The number of rotatable bonds is 4. The van der Waals surface area contributed by atoms with Crippen LogP contribution in [0.3, 0.4) is 0 Å². The molecule has 0 saturated heterocycles. The molecule has 0 spiro atoms. The minimum absolute atomic E-state index is 0.132.